The Morgan fingerprint density at radius 3 is 2.27 bits per heavy atom. The fourth-order valence-electron chi connectivity index (χ4n) is 3.92. The molecular formula is C23H25FN6O3. The summed E-state index contributed by atoms with van der Waals surface area (Å²) in [6, 6.07) is 14.5. The molecule has 2 aliphatic rings. The zero-order valence-electron chi connectivity index (χ0n) is 18.0. The number of anilines is 2. The summed E-state index contributed by atoms with van der Waals surface area (Å²) in [7, 11) is 0. The van der Waals surface area contributed by atoms with Crippen molar-refractivity contribution in [2.24, 2.45) is 10.8 Å². The lowest BCUT2D eigenvalue weighted by Gasteiger charge is -2.36. The summed E-state index contributed by atoms with van der Waals surface area (Å²) in [5, 5.41) is 8.11. The van der Waals surface area contributed by atoms with Crippen LogP contribution in [0.4, 0.5) is 15.8 Å². The number of benzene rings is 2. The number of nitrogens with one attached hydrogen (secondary N) is 1. The molecule has 1 fully saturated rings. The molecule has 1 unspecified atom stereocenters. The van der Waals surface area contributed by atoms with E-state index in [0.29, 0.717) is 31.9 Å². The molecule has 9 nitrogen and oxygen atoms in total. The highest BCUT2D eigenvalue weighted by molar-refractivity contribution is 6.40. The molecule has 0 saturated carbocycles. The van der Waals surface area contributed by atoms with Crippen LogP contribution in [0.15, 0.2) is 59.7 Å². The van der Waals surface area contributed by atoms with Crippen LogP contribution in [0.1, 0.15) is 6.42 Å². The van der Waals surface area contributed by atoms with Crippen molar-refractivity contribution >= 4 is 34.8 Å². The molecule has 2 heterocycles. The van der Waals surface area contributed by atoms with Gasteiger partial charge in [0.1, 0.15) is 17.6 Å². The first-order chi connectivity index (χ1) is 15.9. The minimum Gasteiger partial charge on any atom is -0.368 e. The molecule has 1 saturated heterocycles. The first kappa shape index (κ1) is 22.3. The van der Waals surface area contributed by atoms with E-state index < -0.39 is 23.7 Å². The lowest BCUT2D eigenvalue weighted by atomic mass is 10.1. The molecule has 3 amide bonds. The van der Waals surface area contributed by atoms with Gasteiger partial charge in [0, 0.05) is 38.3 Å². The van der Waals surface area contributed by atoms with Crippen LogP contribution in [0, 0.1) is 5.82 Å². The van der Waals surface area contributed by atoms with Gasteiger partial charge in [-0.15, -0.1) is 0 Å². The number of nitrogens with two attached hydrogens (primary N) is 1. The molecule has 2 aromatic carbocycles. The van der Waals surface area contributed by atoms with Gasteiger partial charge < -0.3 is 20.9 Å². The summed E-state index contributed by atoms with van der Waals surface area (Å²) in [6.07, 6.45) is 0.00246. The van der Waals surface area contributed by atoms with Crippen molar-refractivity contribution in [1.82, 2.24) is 10.2 Å². The Bertz CT molecular complexity index is 1050. The molecule has 0 aliphatic carbocycles. The maximum absolute atomic E-state index is 13.2. The van der Waals surface area contributed by atoms with Gasteiger partial charge in [-0.1, -0.05) is 18.2 Å². The largest absolute Gasteiger partial charge is 0.368 e. The molecule has 2 aliphatic heterocycles. The van der Waals surface area contributed by atoms with Gasteiger partial charge in [-0.25, -0.2) is 4.39 Å². The second-order valence-corrected chi connectivity index (χ2v) is 7.88. The van der Waals surface area contributed by atoms with E-state index in [1.54, 1.807) is 4.90 Å². The molecular weight excluding hydrogens is 427 g/mol. The SMILES string of the molecule is NC(=O)C1CC(C(=O)NCC(=O)N2CCN(c3ccccc3)CC2)=NN1c1ccc(F)cc1. The first-order valence-corrected chi connectivity index (χ1v) is 10.7. The van der Waals surface area contributed by atoms with E-state index in [2.05, 4.69) is 15.3 Å². The van der Waals surface area contributed by atoms with E-state index >= 15 is 0 Å². The minimum absolute atomic E-state index is 0.00246. The van der Waals surface area contributed by atoms with Crippen molar-refractivity contribution in [3.8, 4) is 0 Å². The number of rotatable bonds is 6. The Kier molecular flexibility index (Phi) is 6.53. The molecule has 0 radical (unpaired) electrons. The van der Waals surface area contributed by atoms with E-state index in [1.165, 1.54) is 29.3 Å². The standard InChI is InChI=1S/C23H25FN6O3/c24-16-6-8-18(9-7-16)30-20(22(25)32)14-19(27-30)23(33)26-15-21(31)29-12-10-28(11-13-29)17-4-2-1-3-5-17/h1-9,20H,10-15H2,(H2,25,32)(H,26,33). The highest BCUT2D eigenvalue weighted by atomic mass is 19.1. The Labute approximate surface area is 190 Å². The number of carbonyl (C=O) groups excluding carboxylic acids is 3. The summed E-state index contributed by atoms with van der Waals surface area (Å²) >= 11 is 0. The van der Waals surface area contributed by atoms with Crippen molar-refractivity contribution in [3.63, 3.8) is 0 Å². The third kappa shape index (κ3) is 5.11. The number of hydrogen-bond acceptors (Lipinski definition) is 6. The lowest BCUT2D eigenvalue weighted by molar-refractivity contribution is -0.132. The zero-order chi connectivity index (χ0) is 23.4. The maximum atomic E-state index is 13.2. The van der Waals surface area contributed by atoms with Gasteiger partial charge in [-0.3, -0.25) is 19.4 Å². The van der Waals surface area contributed by atoms with Gasteiger partial charge in [0.2, 0.25) is 11.8 Å². The number of hydrazone groups is 1. The van der Waals surface area contributed by atoms with Crippen molar-refractivity contribution in [2.75, 3.05) is 42.6 Å². The van der Waals surface area contributed by atoms with E-state index in [-0.39, 0.29) is 24.6 Å². The van der Waals surface area contributed by atoms with Crippen LogP contribution in [0.5, 0.6) is 0 Å². The molecule has 3 N–H and O–H groups in total. The zero-order valence-corrected chi connectivity index (χ0v) is 18.0. The van der Waals surface area contributed by atoms with E-state index in [9.17, 15) is 18.8 Å². The van der Waals surface area contributed by atoms with Crippen LogP contribution in [0.3, 0.4) is 0 Å². The number of carbonyl (C=O) groups is 3. The van der Waals surface area contributed by atoms with Crippen molar-refractivity contribution in [1.29, 1.82) is 0 Å². The molecule has 2 aromatic rings. The van der Waals surface area contributed by atoms with Gasteiger partial charge in [0.25, 0.3) is 5.91 Å². The van der Waals surface area contributed by atoms with Crippen molar-refractivity contribution < 1.29 is 18.8 Å². The molecule has 0 spiro atoms. The number of primary amides is 1. The predicted molar refractivity (Wildman–Crippen MR) is 122 cm³/mol. The quantitative estimate of drug-likeness (QED) is 0.671. The second kappa shape index (κ2) is 9.68. The average Bonchev–Trinajstić information content (AvgIpc) is 3.29. The van der Waals surface area contributed by atoms with Crippen LogP contribution in [0.2, 0.25) is 0 Å². The van der Waals surface area contributed by atoms with E-state index in [1.807, 2.05) is 30.3 Å². The number of para-hydroxylation sites is 1. The summed E-state index contributed by atoms with van der Waals surface area (Å²) < 4.78 is 13.2. The third-order valence-electron chi connectivity index (χ3n) is 5.75. The van der Waals surface area contributed by atoms with Gasteiger partial charge in [-0.2, -0.15) is 5.10 Å². The van der Waals surface area contributed by atoms with E-state index in [4.69, 9.17) is 5.73 Å². The summed E-state index contributed by atoms with van der Waals surface area (Å²) in [5.74, 6) is -1.81. The Morgan fingerprint density at radius 2 is 1.64 bits per heavy atom. The van der Waals surface area contributed by atoms with Crippen LogP contribution < -0.4 is 21.0 Å². The van der Waals surface area contributed by atoms with Crippen LogP contribution in [-0.4, -0.2) is 67.1 Å². The van der Waals surface area contributed by atoms with Gasteiger partial charge in [0.05, 0.1) is 12.2 Å². The topological polar surface area (TPSA) is 111 Å². The third-order valence-corrected chi connectivity index (χ3v) is 5.75. The number of halogens is 1. The Morgan fingerprint density at radius 1 is 0.970 bits per heavy atom. The molecule has 10 heteroatoms. The average molecular weight is 452 g/mol. The minimum atomic E-state index is -0.863. The first-order valence-electron chi connectivity index (χ1n) is 10.7. The number of piperazine rings is 1. The monoisotopic (exact) mass is 452 g/mol. The number of hydrogen-bond donors (Lipinski definition) is 2. The fraction of sp³-hybridized carbons (Fsp3) is 0.304. The highest BCUT2D eigenvalue weighted by Gasteiger charge is 2.35. The Balaban J connectivity index is 1.32. The van der Waals surface area contributed by atoms with Gasteiger partial charge in [0.15, 0.2) is 0 Å². The lowest BCUT2D eigenvalue weighted by Crippen LogP contribution is -2.51. The molecule has 4 rings (SSSR count). The number of amides is 3. The van der Waals surface area contributed by atoms with Crippen molar-refractivity contribution in [3.05, 3.63) is 60.4 Å². The fourth-order valence-corrected chi connectivity index (χ4v) is 3.92. The molecule has 0 bridgehead atoms. The van der Waals surface area contributed by atoms with Crippen LogP contribution in [0.25, 0.3) is 0 Å². The smallest absolute Gasteiger partial charge is 0.268 e. The maximum Gasteiger partial charge on any atom is 0.268 e. The summed E-state index contributed by atoms with van der Waals surface area (Å²) in [5.41, 5.74) is 7.11. The normalized spacial score (nSPS) is 18.2. The molecule has 0 aromatic heterocycles. The molecule has 172 valence electrons. The van der Waals surface area contributed by atoms with E-state index in [0.717, 1.165) is 5.69 Å². The van der Waals surface area contributed by atoms with Gasteiger partial charge in [-0.05, 0) is 36.4 Å². The summed E-state index contributed by atoms with van der Waals surface area (Å²) in [4.78, 5) is 41.0. The van der Waals surface area contributed by atoms with Crippen molar-refractivity contribution in [2.45, 2.75) is 12.5 Å². The number of nitrogens with zero attached hydrogens (tertiary/aromatic N) is 4. The second-order valence-electron chi connectivity index (χ2n) is 7.88. The Hall–Kier alpha value is -3.95. The van der Waals surface area contributed by atoms with Gasteiger partial charge >= 0.3 is 0 Å². The van der Waals surface area contributed by atoms with Crippen LogP contribution in [-0.2, 0) is 14.4 Å². The molecule has 1 atom stereocenters. The molecule has 33 heavy (non-hydrogen) atoms. The highest BCUT2D eigenvalue weighted by Crippen LogP contribution is 2.25. The van der Waals surface area contributed by atoms with Crippen LogP contribution >= 0.6 is 0 Å². The predicted octanol–water partition coefficient (Wildman–Crippen LogP) is 0.711. The summed E-state index contributed by atoms with van der Waals surface area (Å²) in [6.45, 7) is 2.38.